The van der Waals surface area contributed by atoms with Crippen LogP contribution in [-0.4, -0.2) is 70.3 Å². The second kappa shape index (κ2) is 7.80. The number of aromatic nitrogens is 3. The number of carbonyl (C=O) groups is 1. The molecule has 0 aliphatic carbocycles. The molecule has 0 amide bonds. The predicted molar refractivity (Wildman–Crippen MR) is 108 cm³/mol. The van der Waals surface area contributed by atoms with Gasteiger partial charge in [-0.1, -0.05) is 0 Å². The highest BCUT2D eigenvalue weighted by Gasteiger charge is 2.17. The number of thiazole rings is 1. The minimum absolute atomic E-state index is 0.216. The van der Waals surface area contributed by atoms with E-state index in [4.69, 9.17) is 0 Å². The highest BCUT2D eigenvalue weighted by atomic mass is 32.1. The second-order valence-corrected chi connectivity index (χ2v) is 8.37. The first-order valence-electron chi connectivity index (χ1n) is 9.17. The van der Waals surface area contributed by atoms with Gasteiger partial charge in [0.2, 0.25) is 0 Å². The highest BCUT2D eigenvalue weighted by Crippen LogP contribution is 2.27. The first-order chi connectivity index (χ1) is 13.1. The molecule has 27 heavy (non-hydrogen) atoms. The molecule has 1 saturated heterocycles. The van der Waals surface area contributed by atoms with Crippen LogP contribution in [0.15, 0.2) is 30.7 Å². The molecule has 0 spiro atoms. The maximum Gasteiger partial charge on any atom is 0.152 e. The number of nitrogens with zero attached hydrogens (tertiary/aromatic N) is 5. The maximum atomic E-state index is 12.5. The van der Waals surface area contributed by atoms with E-state index in [2.05, 4.69) is 37.9 Å². The van der Waals surface area contributed by atoms with Crippen molar-refractivity contribution in [3.8, 4) is 10.4 Å². The van der Waals surface area contributed by atoms with Gasteiger partial charge in [-0.2, -0.15) is 0 Å². The van der Waals surface area contributed by atoms with Crippen LogP contribution in [0.25, 0.3) is 21.3 Å². The van der Waals surface area contributed by atoms with Crippen LogP contribution in [0.3, 0.4) is 0 Å². The van der Waals surface area contributed by atoms with Crippen LogP contribution in [-0.2, 0) is 11.2 Å². The van der Waals surface area contributed by atoms with Crippen molar-refractivity contribution in [2.75, 3.05) is 39.8 Å². The predicted octanol–water partition coefficient (Wildman–Crippen LogP) is 2.42. The Morgan fingerprint density at radius 1 is 1.07 bits per heavy atom. The highest BCUT2D eigenvalue weighted by molar-refractivity contribution is 7.15. The summed E-state index contributed by atoms with van der Waals surface area (Å²) in [5.41, 5.74) is 2.70. The summed E-state index contributed by atoms with van der Waals surface area (Å²) < 4.78 is 0. The zero-order valence-corrected chi connectivity index (χ0v) is 16.5. The summed E-state index contributed by atoms with van der Waals surface area (Å²) in [5.74, 6) is 0.216. The number of aryl methyl sites for hydroxylation is 1. The molecular formula is C20H23N5OS. The van der Waals surface area contributed by atoms with Gasteiger partial charge in [-0.05, 0) is 26.1 Å². The summed E-state index contributed by atoms with van der Waals surface area (Å²) in [7, 11) is 2.12. The molecule has 4 heterocycles. The van der Waals surface area contributed by atoms with Crippen LogP contribution in [0.1, 0.15) is 10.7 Å². The second-order valence-electron chi connectivity index (χ2n) is 7.13. The van der Waals surface area contributed by atoms with E-state index in [9.17, 15) is 4.79 Å². The molecule has 4 rings (SSSR count). The molecule has 1 aliphatic heterocycles. The lowest BCUT2D eigenvalue weighted by molar-refractivity contribution is -0.120. The number of piperazine rings is 1. The number of fused-ring (bicyclic) bond motifs is 1. The lowest BCUT2D eigenvalue weighted by atomic mass is 10.1. The largest absolute Gasteiger partial charge is 0.304 e. The third-order valence-corrected chi connectivity index (χ3v) is 5.87. The molecule has 0 saturated carbocycles. The number of hydrogen-bond acceptors (Lipinski definition) is 7. The average Bonchev–Trinajstić information content (AvgIpc) is 3.09. The third kappa shape index (κ3) is 4.37. The van der Waals surface area contributed by atoms with Crippen molar-refractivity contribution in [1.29, 1.82) is 0 Å². The Bertz CT molecular complexity index is 962. The molecule has 0 atom stereocenters. The SMILES string of the molecule is Cc1ncc(-c2cnc3cnc(CC(=O)CN4CCN(C)CC4)cc3c2)s1. The number of carbonyl (C=O) groups excluding carboxylic acids is 1. The minimum atomic E-state index is 0.216. The number of ketones is 1. The van der Waals surface area contributed by atoms with Gasteiger partial charge in [0.15, 0.2) is 5.78 Å². The Kier molecular flexibility index (Phi) is 5.24. The number of hydrogen-bond donors (Lipinski definition) is 0. The van der Waals surface area contributed by atoms with Crippen LogP contribution in [0.2, 0.25) is 0 Å². The van der Waals surface area contributed by atoms with E-state index in [1.807, 2.05) is 25.4 Å². The molecule has 140 valence electrons. The van der Waals surface area contributed by atoms with Gasteiger partial charge in [-0.25, -0.2) is 4.98 Å². The molecule has 3 aromatic rings. The fourth-order valence-corrected chi connectivity index (χ4v) is 4.07. The fraction of sp³-hybridized carbons (Fsp3) is 0.400. The number of Topliss-reactive ketones (excluding diaryl/α,β-unsaturated/α-hetero) is 1. The summed E-state index contributed by atoms with van der Waals surface area (Å²) in [6, 6.07) is 4.09. The Labute approximate surface area is 162 Å². The molecule has 3 aromatic heterocycles. The normalized spacial score (nSPS) is 16.1. The van der Waals surface area contributed by atoms with Crippen molar-refractivity contribution >= 4 is 28.0 Å². The van der Waals surface area contributed by atoms with Gasteiger partial charge >= 0.3 is 0 Å². The van der Waals surface area contributed by atoms with E-state index in [1.165, 1.54) is 0 Å². The lowest BCUT2D eigenvalue weighted by Crippen LogP contribution is -2.46. The van der Waals surface area contributed by atoms with E-state index in [0.717, 1.165) is 58.2 Å². The third-order valence-electron chi connectivity index (χ3n) is 4.90. The molecule has 6 nitrogen and oxygen atoms in total. The Morgan fingerprint density at radius 3 is 2.63 bits per heavy atom. The van der Waals surface area contributed by atoms with Gasteiger partial charge in [0.05, 0.1) is 34.6 Å². The Morgan fingerprint density at radius 2 is 1.89 bits per heavy atom. The Balaban J connectivity index is 1.48. The summed E-state index contributed by atoms with van der Waals surface area (Å²) in [6.07, 6.45) is 5.86. The van der Waals surface area contributed by atoms with Gasteiger partial charge in [0, 0.05) is 55.2 Å². The van der Waals surface area contributed by atoms with Crippen LogP contribution < -0.4 is 0 Å². The molecule has 0 aromatic carbocycles. The molecule has 0 radical (unpaired) electrons. The zero-order chi connectivity index (χ0) is 18.8. The summed E-state index contributed by atoms with van der Waals surface area (Å²) in [4.78, 5) is 31.4. The van der Waals surface area contributed by atoms with Gasteiger partial charge in [0.1, 0.15) is 0 Å². The van der Waals surface area contributed by atoms with Crippen molar-refractivity contribution < 1.29 is 4.79 Å². The standard InChI is InChI=1S/C20H23N5OS/c1-14-21-12-20(27-14)16-7-15-8-17(22-11-19(15)23-10-16)9-18(26)13-25-5-3-24(2)4-6-25/h7-8,10-12H,3-6,9,13H2,1-2H3. The molecule has 1 aliphatic rings. The summed E-state index contributed by atoms with van der Waals surface area (Å²) in [5, 5.41) is 2.05. The summed E-state index contributed by atoms with van der Waals surface area (Å²) in [6.45, 7) is 6.45. The van der Waals surface area contributed by atoms with Crippen LogP contribution in [0, 0.1) is 6.92 Å². The van der Waals surface area contributed by atoms with Crippen molar-refractivity contribution in [2.45, 2.75) is 13.3 Å². The lowest BCUT2D eigenvalue weighted by Gasteiger charge is -2.31. The molecule has 0 N–H and O–H groups in total. The van der Waals surface area contributed by atoms with Crippen LogP contribution in [0.5, 0.6) is 0 Å². The van der Waals surface area contributed by atoms with Crippen LogP contribution in [0.4, 0.5) is 0 Å². The number of rotatable bonds is 5. The first kappa shape index (κ1) is 18.2. The van der Waals surface area contributed by atoms with E-state index < -0.39 is 0 Å². The Hall–Kier alpha value is -2.22. The van der Waals surface area contributed by atoms with Gasteiger partial charge in [-0.15, -0.1) is 11.3 Å². The fourth-order valence-electron chi connectivity index (χ4n) is 3.32. The molecule has 7 heteroatoms. The molecule has 0 unspecified atom stereocenters. The molecular weight excluding hydrogens is 358 g/mol. The smallest absolute Gasteiger partial charge is 0.152 e. The molecule has 0 bridgehead atoms. The minimum Gasteiger partial charge on any atom is -0.304 e. The van der Waals surface area contributed by atoms with E-state index in [-0.39, 0.29) is 5.78 Å². The maximum absolute atomic E-state index is 12.5. The van der Waals surface area contributed by atoms with E-state index in [1.54, 1.807) is 17.5 Å². The monoisotopic (exact) mass is 381 g/mol. The quantitative estimate of drug-likeness (QED) is 0.676. The van der Waals surface area contributed by atoms with E-state index >= 15 is 0 Å². The summed E-state index contributed by atoms with van der Waals surface area (Å²) >= 11 is 1.65. The van der Waals surface area contributed by atoms with Gasteiger partial charge < -0.3 is 4.90 Å². The zero-order valence-electron chi connectivity index (χ0n) is 15.7. The molecule has 1 fully saturated rings. The van der Waals surface area contributed by atoms with E-state index in [0.29, 0.717) is 13.0 Å². The van der Waals surface area contributed by atoms with Crippen molar-refractivity contribution in [3.05, 3.63) is 41.4 Å². The number of pyridine rings is 2. The average molecular weight is 382 g/mol. The van der Waals surface area contributed by atoms with Gasteiger partial charge in [-0.3, -0.25) is 19.7 Å². The van der Waals surface area contributed by atoms with Crippen LogP contribution >= 0.6 is 11.3 Å². The van der Waals surface area contributed by atoms with Crippen molar-refractivity contribution in [1.82, 2.24) is 24.8 Å². The van der Waals surface area contributed by atoms with Gasteiger partial charge in [0.25, 0.3) is 0 Å². The van der Waals surface area contributed by atoms with Crippen molar-refractivity contribution in [2.24, 2.45) is 0 Å². The van der Waals surface area contributed by atoms with Crippen molar-refractivity contribution in [3.63, 3.8) is 0 Å². The topological polar surface area (TPSA) is 62.2 Å². The number of likely N-dealkylation sites (N-methyl/N-ethyl adjacent to an activating group) is 1. The first-order valence-corrected chi connectivity index (χ1v) is 9.98.